The summed E-state index contributed by atoms with van der Waals surface area (Å²) in [7, 11) is 3.70. The third-order valence-electron chi connectivity index (χ3n) is 2.31. The van der Waals surface area contributed by atoms with Crippen molar-refractivity contribution in [3.05, 3.63) is 34.9 Å². The first-order valence-electron chi connectivity index (χ1n) is 5.14. The van der Waals surface area contributed by atoms with Gasteiger partial charge in [0.05, 0.1) is 6.61 Å². The predicted octanol–water partition coefficient (Wildman–Crippen LogP) is 2.36. The van der Waals surface area contributed by atoms with Crippen LogP contribution in [0.5, 0.6) is 0 Å². The second-order valence-corrected chi connectivity index (χ2v) is 4.15. The van der Waals surface area contributed by atoms with E-state index in [1.807, 2.05) is 25.2 Å². The van der Waals surface area contributed by atoms with Crippen molar-refractivity contribution in [1.29, 1.82) is 0 Å². The van der Waals surface area contributed by atoms with Crippen LogP contribution in [0.15, 0.2) is 24.3 Å². The van der Waals surface area contributed by atoms with Gasteiger partial charge in [-0.25, -0.2) is 0 Å². The van der Waals surface area contributed by atoms with Crippen molar-refractivity contribution in [3.63, 3.8) is 0 Å². The summed E-state index contributed by atoms with van der Waals surface area (Å²) in [5, 5.41) is 3.97. The van der Waals surface area contributed by atoms with Crippen LogP contribution in [0.4, 0.5) is 0 Å². The van der Waals surface area contributed by atoms with Crippen LogP contribution in [-0.2, 0) is 11.2 Å². The summed E-state index contributed by atoms with van der Waals surface area (Å²) >= 11 is 5.94. The van der Waals surface area contributed by atoms with Crippen LogP contribution in [-0.4, -0.2) is 27.3 Å². The summed E-state index contributed by atoms with van der Waals surface area (Å²) in [6.45, 7) is 1.73. The average molecular weight is 228 g/mol. The molecule has 1 aromatic rings. The summed E-state index contributed by atoms with van der Waals surface area (Å²) in [5.74, 6) is 0.499. The van der Waals surface area contributed by atoms with E-state index in [4.69, 9.17) is 16.3 Å². The van der Waals surface area contributed by atoms with Gasteiger partial charge in [0, 0.05) is 18.7 Å². The van der Waals surface area contributed by atoms with Gasteiger partial charge in [0.25, 0.3) is 0 Å². The Bertz CT molecular complexity index is 285. The van der Waals surface area contributed by atoms with Gasteiger partial charge in [-0.2, -0.15) is 0 Å². The molecule has 0 saturated carbocycles. The van der Waals surface area contributed by atoms with E-state index in [-0.39, 0.29) is 0 Å². The van der Waals surface area contributed by atoms with E-state index in [9.17, 15) is 0 Å². The Labute approximate surface area is 96.6 Å². The molecule has 0 spiro atoms. The molecule has 2 nitrogen and oxygen atoms in total. The lowest BCUT2D eigenvalue weighted by Gasteiger charge is -2.15. The first kappa shape index (κ1) is 12.5. The van der Waals surface area contributed by atoms with Crippen LogP contribution < -0.4 is 5.32 Å². The Morgan fingerprint density at radius 1 is 1.47 bits per heavy atom. The molecule has 1 unspecified atom stereocenters. The maximum absolute atomic E-state index is 5.94. The molecule has 0 aliphatic rings. The summed E-state index contributed by atoms with van der Waals surface area (Å²) in [6, 6.07) is 8.00. The molecule has 3 heteroatoms. The van der Waals surface area contributed by atoms with Crippen molar-refractivity contribution in [2.24, 2.45) is 5.92 Å². The second kappa shape index (κ2) is 6.83. The van der Waals surface area contributed by atoms with E-state index in [1.165, 1.54) is 5.56 Å². The van der Waals surface area contributed by atoms with Crippen molar-refractivity contribution in [2.75, 3.05) is 27.3 Å². The topological polar surface area (TPSA) is 21.3 Å². The van der Waals surface area contributed by atoms with Crippen molar-refractivity contribution in [2.45, 2.75) is 6.42 Å². The van der Waals surface area contributed by atoms with Crippen LogP contribution in [0.2, 0.25) is 5.02 Å². The predicted molar refractivity (Wildman–Crippen MR) is 64.4 cm³/mol. The van der Waals surface area contributed by atoms with E-state index in [1.54, 1.807) is 7.11 Å². The van der Waals surface area contributed by atoms with Crippen LogP contribution >= 0.6 is 11.6 Å². The highest BCUT2D eigenvalue weighted by molar-refractivity contribution is 6.30. The molecule has 0 aliphatic carbocycles. The summed E-state index contributed by atoms with van der Waals surface area (Å²) < 4.78 is 5.19. The Hall–Kier alpha value is -0.570. The summed E-state index contributed by atoms with van der Waals surface area (Å²) in [5.41, 5.74) is 1.26. The molecule has 0 radical (unpaired) electrons. The van der Waals surface area contributed by atoms with Gasteiger partial charge in [0.1, 0.15) is 0 Å². The maximum Gasteiger partial charge on any atom is 0.0505 e. The molecular weight excluding hydrogens is 210 g/mol. The number of hydrogen-bond acceptors (Lipinski definition) is 2. The highest BCUT2D eigenvalue weighted by Gasteiger charge is 2.08. The number of hydrogen-bond donors (Lipinski definition) is 1. The highest BCUT2D eigenvalue weighted by atomic mass is 35.5. The molecule has 1 atom stereocenters. The maximum atomic E-state index is 5.94. The molecule has 1 rings (SSSR count). The highest BCUT2D eigenvalue weighted by Crippen LogP contribution is 2.14. The number of halogens is 1. The molecule has 0 fully saturated rings. The van der Waals surface area contributed by atoms with Gasteiger partial charge in [0.15, 0.2) is 0 Å². The Kier molecular flexibility index (Phi) is 5.69. The largest absolute Gasteiger partial charge is 0.384 e. The Morgan fingerprint density at radius 3 is 2.87 bits per heavy atom. The van der Waals surface area contributed by atoms with Gasteiger partial charge in [-0.1, -0.05) is 23.7 Å². The van der Waals surface area contributed by atoms with Crippen LogP contribution in [0.3, 0.4) is 0 Å². The first-order chi connectivity index (χ1) is 7.26. The van der Waals surface area contributed by atoms with Gasteiger partial charge >= 0.3 is 0 Å². The molecule has 15 heavy (non-hydrogen) atoms. The van der Waals surface area contributed by atoms with Crippen LogP contribution in [0, 0.1) is 5.92 Å². The normalized spacial score (nSPS) is 12.7. The zero-order chi connectivity index (χ0) is 11.1. The number of benzene rings is 1. The molecule has 0 aliphatic heterocycles. The van der Waals surface area contributed by atoms with Gasteiger partial charge in [-0.15, -0.1) is 0 Å². The molecule has 0 bridgehead atoms. The smallest absolute Gasteiger partial charge is 0.0505 e. The number of nitrogens with one attached hydrogen (secondary N) is 1. The van der Waals surface area contributed by atoms with E-state index >= 15 is 0 Å². The van der Waals surface area contributed by atoms with Gasteiger partial charge in [-0.05, 0) is 37.1 Å². The van der Waals surface area contributed by atoms with Gasteiger partial charge in [-0.3, -0.25) is 0 Å². The van der Waals surface area contributed by atoms with Crippen LogP contribution in [0.1, 0.15) is 5.56 Å². The van der Waals surface area contributed by atoms with Crippen molar-refractivity contribution in [1.82, 2.24) is 5.32 Å². The Morgan fingerprint density at radius 2 is 2.27 bits per heavy atom. The average Bonchev–Trinajstić information content (AvgIpc) is 2.18. The minimum atomic E-state index is 0.499. The molecular formula is C12H18ClNO. The summed E-state index contributed by atoms with van der Waals surface area (Å²) in [4.78, 5) is 0. The monoisotopic (exact) mass is 227 g/mol. The molecule has 0 saturated heterocycles. The third kappa shape index (κ3) is 4.65. The minimum absolute atomic E-state index is 0.499. The molecule has 84 valence electrons. The lowest BCUT2D eigenvalue weighted by molar-refractivity contribution is 0.152. The van der Waals surface area contributed by atoms with Crippen molar-refractivity contribution >= 4 is 11.6 Å². The fourth-order valence-corrected chi connectivity index (χ4v) is 1.92. The number of methoxy groups -OCH3 is 1. The van der Waals surface area contributed by atoms with E-state index in [2.05, 4.69) is 11.4 Å². The lowest BCUT2D eigenvalue weighted by Crippen LogP contribution is -2.24. The molecule has 1 aromatic carbocycles. The van der Waals surface area contributed by atoms with Crippen molar-refractivity contribution < 1.29 is 4.74 Å². The standard InChI is InChI=1S/C12H18ClNO/c1-14-8-11(9-15-2)6-10-4-3-5-12(13)7-10/h3-5,7,11,14H,6,8-9H2,1-2H3. The minimum Gasteiger partial charge on any atom is -0.384 e. The molecule has 0 aromatic heterocycles. The number of rotatable bonds is 6. The van der Waals surface area contributed by atoms with Crippen LogP contribution in [0.25, 0.3) is 0 Å². The van der Waals surface area contributed by atoms with Gasteiger partial charge in [0.2, 0.25) is 0 Å². The quantitative estimate of drug-likeness (QED) is 0.806. The second-order valence-electron chi connectivity index (χ2n) is 3.71. The van der Waals surface area contributed by atoms with E-state index < -0.39 is 0 Å². The molecule has 0 heterocycles. The SMILES string of the molecule is CNCC(COC)Cc1cccc(Cl)c1. The zero-order valence-corrected chi connectivity index (χ0v) is 10.1. The lowest BCUT2D eigenvalue weighted by atomic mass is 10.00. The molecule has 1 N–H and O–H groups in total. The third-order valence-corrected chi connectivity index (χ3v) is 2.54. The van der Waals surface area contributed by atoms with Gasteiger partial charge < -0.3 is 10.1 Å². The molecule has 0 amide bonds. The Balaban J connectivity index is 2.56. The van der Waals surface area contributed by atoms with Crippen molar-refractivity contribution in [3.8, 4) is 0 Å². The zero-order valence-electron chi connectivity index (χ0n) is 9.29. The van der Waals surface area contributed by atoms with E-state index in [0.717, 1.165) is 24.6 Å². The fraction of sp³-hybridized carbons (Fsp3) is 0.500. The summed E-state index contributed by atoms with van der Waals surface area (Å²) in [6.07, 6.45) is 0.995. The van der Waals surface area contributed by atoms with E-state index in [0.29, 0.717) is 5.92 Å². The fourth-order valence-electron chi connectivity index (χ4n) is 1.71. The first-order valence-corrected chi connectivity index (χ1v) is 5.52. The number of ether oxygens (including phenoxy) is 1.